The molecule has 1 aromatic heterocycles. The van der Waals surface area contributed by atoms with Crippen LogP contribution in [0.3, 0.4) is 0 Å². The summed E-state index contributed by atoms with van der Waals surface area (Å²) in [5, 5.41) is 0.435. The Morgan fingerprint density at radius 1 is 1.44 bits per heavy atom. The number of nitrogens with two attached hydrogens (primary N) is 1. The van der Waals surface area contributed by atoms with Gasteiger partial charge in [-0.3, -0.25) is 0 Å². The van der Waals surface area contributed by atoms with Crippen LogP contribution in [-0.4, -0.2) is 0 Å². The van der Waals surface area contributed by atoms with Crippen molar-refractivity contribution in [2.24, 2.45) is 0 Å². The van der Waals surface area contributed by atoms with Crippen molar-refractivity contribution >= 4 is 16.3 Å². The summed E-state index contributed by atoms with van der Waals surface area (Å²) in [6.45, 7) is 0. The largest absolute Gasteiger partial charge is 0.391 e. The molecule has 0 amide bonds. The summed E-state index contributed by atoms with van der Waals surface area (Å²) in [6, 6.07) is 2.82. The van der Waals surface area contributed by atoms with E-state index in [2.05, 4.69) is 0 Å². The zero-order valence-corrected chi connectivity index (χ0v) is 5.29. The molecule has 50 valence electrons. The highest BCUT2D eigenvalue weighted by molar-refractivity contribution is 7.15. The van der Waals surface area contributed by atoms with Gasteiger partial charge in [0.2, 0.25) is 0 Å². The van der Waals surface area contributed by atoms with Crippen LogP contribution in [0.4, 0.5) is 13.8 Å². The molecule has 9 heavy (non-hydrogen) atoms. The molecule has 0 fully saturated rings. The van der Waals surface area contributed by atoms with Crippen molar-refractivity contribution in [3.63, 3.8) is 0 Å². The van der Waals surface area contributed by atoms with Gasteiger partial charge in [0, 0.05) is 0 Å². The van der Waals surface area contributed by atoms with E-state index < -0.39 is 6.43 Å². The second-order valence-electron chi connectivity index (χ2n) is 1.54. The van der Waals surface area contributed by atoms with Crippen molar-refractivity contribution < 1.29 is 8.78 Å². The van der Waals surface area contributed by atoms with Crippen LogP contribution in [0.2, 0.25) is 0 Å². The molecule has 0 saturated heterocycles. The molecule has 0 aliphatic carbocycles. The van der Waals surface area contributed by atoms with E-state index in [1.165, 1.54) is 12.1 Å². The third kappa shape index (κ3) is 1.38. The lowest BCUT2D eigenvalue weighted by atomic mass is 10.5. The molecule has 1 rings (SSSR count). The number of nitrogen functional groups attached to an aromatic ring is 1. The van der Waals surface area contributed by atoms with Gasteiger partial charge in [-0.25, -0.2) is 8.78 Å². The summed E-state index contributed by atoms with van der Waals surface area (Å²) in [5.74, 6) is 0. The number of hydrogen-bond acceptors (Lipinski definition) is 2. The Balaban J connectivity index is 2.85. The molecule has 1 nitrogen and oxygen atoms in total. The second kappa shape index (κ2) is 2.31. The summed E-state index contributed by atoms with van der Waals surface area (Å²) in [7, 11) is 0. The Hall–Kier alpha value is -0.640. The Labute approximate surface area is 55.1 Å². The normalized spacial score (nSPS) is 10.6. The maximum atomic E-state index is 11.7. The van der Waals surface area contributed by atoms with E-state index in [1.54, 1.807) is 0 Å². The van der Waals surface area contributed by atoms with Gasteiger partial charge in [-0.2, -0.15) is 0 Å². The number of anilines is 1. The predicted octanol–water partition coefficient (Wildman–Crippen LogP) is 2.27. The summed E-state index contributed by atoms with van der Waals surface area (Å²) >= 11 is 0.924. The first-order chi connectivity index (χ1) is 4.20. The van der Waals surface area contributed by atoms with E-state index in [-0.39, 0.29) is 4.88 Å². The summed E-state index contributed by atoms with van der Waals surface area (Å²) in [4.78, 5) is 0.0347. The first-order valence-electron chi connectivity index (χ1n) is 2.33. The maximum Gasteiger partial charge on any atom is 0.272 e. The van der Waals surface area contributed by atoms with Crippen molar-refractivity contribution in [2.45, 2.75) is 6.43 Å². The van der Waals surface area contributed by atoms with Crippen molar-refractivity contribution in [3.05, 3.63) is 17.0 Å². The van der Waals surface area contributed by atoms with E-state index >= 15 is 0 Å². The quantitative estimate of drug-likeness (QED) is 0.651. The number of thiophene rings is 1. The van der Waals surface area contributed by atoms with Crippen molar-refractivity contribution in [2.75, 3.05) is 5.73 Å². The Bertz CT molecular complexity index is 197. The van der Waals surface area contributed by atoms with Gasteiger partial charge in [-0.15, -0.1) is 11.3 Å². The third-order valence-electron chi connectivity index (χ3n) is 0.863. The van der Waals surface area contributed by atoms with Crippen LogP contribution in [-0.2, 0) is 0 Å². The number of halogens is 2. The van der Waals surface area contributed by atoms with Crippen molar-refractivity contribution in [3.8, 4) is 0 Å². The number of hydrogen-bond donors (Lipinski definition) is 1. The molecule has 2 N–H and O–H groups in total. The number of rotatable bonds is 1. The minimum Gasteiger partial charge on any atom is -0.391 e. The fourth-order valence-corrected chi connectivity index (χ4v) is 1.12. The highest BCUT2D eigenvalue weighted by Crippen LogP contribution is 2.27. The van der Waals surface area contributed by atoms with Crippen LogP contribution in [0, 0.1) is 0 Å². The average Bonchev–Trinajstić information content (AvgIpc) is 2.14. The van der Waals surface area contributed by atoms with Crippen LogP contribution >= 0.6 is 11.3 Å². The van der Waals surface area contributed by atoms with E-state index in [0.29, 0.717) is 5.00 Å². The molecule has 0 saturated carbocycles. The van der Waals surface area contributed by atoms with Gasteiger partial charge >= 0.3 is 0 Å². The minimum atomic E-state index is -2.38. The van der Waals surface area contributed by atoms with Crippen LogP contribution in [0.5, 0.6) is 0 Å². The fraction of sp³-hybridized carbons (Fsp3) is 0.200. The Morgan fingerprint density at radius 2 is 2.11 bits per heavy atom. The molecular formula is C5H5F2NS. The molecule has 0 spiro atoms. The summed E-state index contributed by atoms with van der Waals surface area (Å²) < 4.78 is 23.5. The van der Waals surface area contributed by atoms with E-state index in [1.807, 2.05) is 0 Å². The topological polar surface area (TPSA) is 26.0 Å². The van der Waals surface area contributed by atoms with Gasteiger partial charge in [-0.05, 0) is 12.1 Å². The summed E-state index contributed by atoms with van der Waals surface area (Å²) in [6.07, 6.45) is -2.38. The van der Waals surface area contributed by atoms with Crippen LogP contribution < -0.4 is 5.73 Å². The minimum absolute atomic E-state index is 0.0347. The first-order valence-corrected chi connectivity index (χ1v) is 3.15. The van der Waals surface area contributed by atoms with Crippen molar-refractivity contribution in [1.82, 2.24) is 0 Å². The van der Waals surface area contributed by atoms with Crippen LogP contribution in [0.15, 0.2) is 12.1 Å². The molecule has 4 heteroatoms. The zero-order chi connectivity index (χ0) is 6.85. The molecule has 0 atom stereocenters. The van der Waals surface area contributed by atoms with Crippen LogP contribution in [0.1, 0.15) is 11.3 Å². The highest BCUT2D eigenvalue weighted by atomic mass is 32.1. The van der Waals surface area contributed by atoms with Crippen molar-refractivity contribution in [1.29, 1.82) is 0 Å². The molecule has 0 unspecified atom stereocenters. The van der Waals surface area contributed by atoms with Gasteiger partial charge in [0.05, 0.1) is 9.88 Å². The monoisotopic (exact) mass is 149 g/mol. The zero-order valence-electron chi connectivity index (χ0n) is 4.47. The number of alkyl halides is 2. The Morgan fingerprint density at radius 3 is 2.33 bits per heavy atom. The lowest BCUT2D eigenvalue weighted by Gasteiger charge is -1.88. The molecule has 0 aliphatic heterocycles. The lowest BCUT2D eigenvalue weighted by molar-refractivity contribution is 0.155. The average molecular weight is 149 g/mol. The fourth-order valence-electron chi connectivity index (χ4n) is 0.486. The van der Waals surface area contributed by atoms with Crippen LogP contribution in [0.25, 0.3) is 0 Å². The molecule has 0 aromatic carbocycles. The maximum absolute atomic E-state index is 11.7. The molecular weight excluding hydrogens is 144 g/mol. The van der Waals surface area contributed by atoms with Gasteiger partial charge in [0.25, 0.3) is 6.43 Å². The van der Waals surface area contributed by atoms with Gasteiger partial charge in [0.15, 0.2) is 0 Å². The lowest BCUT2D eigenvalue weighted by Crippen LogP contribution is -1.74. The van der Waals surface area contributed by atoms with E-state index in [4.69, 9.17) is 5.73 Å². The standard InChI is InChI=1S/C5H5F2NS/c6-5(7)3-1-2-4(8)9-3/h1-2,5H,8H2. The first kappa shape index (κ1) is 6.48. The predicted molar refractivity (Wildman–Crippen MR) is 33.7 cm³/mol. The van der Waals surface area contributed by atoms with Gasteiger partial charge in [0.1, 0.15) is 0 Å². The molecule has 1 heterocycles. The van der Waals surface area contributed by atoms with Gasteiger partial charge < -0.3 is 5.73 Å². The Kier molecular flexibility index (Phi) is 1.66. The van der Waals surface area contributed by atoms with Gasteiger partial charge in [-0.1, -0.05) is 0 Å². The molecule has 0 radical (unpaired) electrons. The second-order valence-corrected chi connectivity index (χ2v) is 2.69. The molecule has 1 aromatic rings. The van der Waals surface area contributed by atoms with E-state index in [0.717, 1.165) is 11.3 Å². The molecule has 0 bridgehead atoms. The summed E-state index contributed by atoms with van der Waals surface area (Å²) in [5.41, 5.74) is 5.20. The molecule has 0 aliphatic rings. The third-order valence-corrected chi connectivity index (χ3v) is 1.78. The smallest absolute Gasteiger partial charge is 0.272 e. The van der Waals surface area contributed by atoms with E-state index in [9.17, 15) is 8.78 Å². The highest BCUT2D eigenvalue weighted by Gasteiger charge is 2.07. The SMILES string of the molecule is Nc1ccc(C(F)F)s1.